The number of nitrogens with one attached hydrogen (secondary N) is 2. The molecule has 6 heteroatoms. The molecule has 1 heterocycles. The van der Waals surface area contributed by atoms with Crippen molar-refractivity contribution < 1.29 is 4.79 Å². The number of nitrogens with zero attached hydrogens (tertiary/aromatic N) is 3. The molecule has 3 aliphatic rings. The van der Waals surface area contributed by atoms with Gasteiger partial charge in [-0.2, -0.15) is 0 Å². The van der Waals surface area contributed by atoms with Gasteiger partial charge in [0.2, 0.25) is 5.91 Å². The Labute approximate surface area is 174 Å². The van der Waals surface area contributed by atoms with Gasteiger partial charge in [-0.25, -0.2) is 0 Å². The Morgan fingerprint density at radius 3 is 2.38 bits per heavy atom. The van der Waals surface area contributed by atoms with Crippen LogP contribution >= 0.6 is 0 Å². The second-order valence-electron chi connectivity index (χ2n) is 9.07. The van der Waals surface area contributed by atoms with Crippen molar-refractivity contribution in [1.82, 2.24) is 20.4 Å². The van der Waals surface area contributed by atoms with Crippen molar-refractivity contribution in [2.24, 2.45) is 4.99 Å². The zero-order valence-corrected chi connectivity index (χ0v) is 18.0. The second-order valence-corrected chi connectivity index (χ2v) is 9.07. The van der Waals surface area contributed by atoms with Gasteiger partial charge in [0, 0.05) is 51.2 Å². The lowest BCUT2D eigenvalue weighted by molar-refractivity contribution is -0.122. The topological polar surface area (TPSA) is 60.0 Å². The minimum atomic E-state index is 0.174. The van der Waals surface area contributed by atoms with Crippen molar-refractivity contribution in [2.75, 3.05) is 39.8 Å². The third-order valence-corrected chi connectivity index (χ3v) is 6.33. The minimum Gasteiger partial charge on any atom is -0.353 e. The first-order chi connectivity index (χ1) is 14.0. The maximum atomic E-state index is 12.0. The predicted octanol–water partition coefficient (Wildman–Crippen LogP) is 2.14. The standard InChI is InChI=1S/C23H35N5O/c1-16(2)17-4-6-18(7-5-17)20-14-21(20)26-23(24-3)28-12-10-27(11-13-28)15-22(29)25-19-8-9-19/h4-7,16,19-21H,8-15H2,1-3H3,(H,24,26)(H,25,29). The number of rotatable bonds is 6. The molecule has 2 aliphatic carbocycles. The highest BCUT2D eigenvalue weighted by atomic mass is 16.2. The molecule has 2 N–H and O–H groups in total. The molecular formula is C23H35N5O. The van der Waals surface area contributed by atoms with Crippen LogP contribution in [-0.2, 0) is 4.79 Å². The lowest BCUT2D eigenvalue weighted by Crippen LogP contribution is -2.54. The average Bonchev–Trinajstić information content (AvgIpc) is 3.64. The molecule has 4 rings (SSSR count). The zero-order valence-electron chi connectivity index (χ0n) is 18.0. The summed E-state index contributed by atoms with van der Waals surface area (Å²) < 4.78 is 0. The summed E-state index contributed by atoms with van der Waals surface area (Å²) in [6, 6.07) is 10.0. The monoisotopic (exact) mass is 397 g/mol. The number of carbonyl (C=O) groups is 1. The Hall–Kier alpha value is -2.08. The summed E-state index contributed by atoms with van der Waals surface area (Å²) >= 11 is 0. The Bertz CT molecular complexity index is 732. The second kappa shape index (κ2) is 8.74. The van der Waals surface area contributed by atoms with Crippen molar-refractivity contribution in [3.8, 4) is 0 Å². The van der Waals surface area contributed by atoms with E-state index in [9.17, 15) is 4.79 Å². The van der Waals surface area contributed by atoms with E-state index in [1.807, 2.05) is 7.05 Å². The molecule has 3 fully saturated rings. The van der Waals surface area contributed by atoms with Crippen LogP contribution in [0.25, 0.3) is 0 Å². The van der Waals surface area contributed by atoms with Crippen LogP contribution in [0.1, 0.15) is 56.1 Å². The number of hydrogen-bond donors (Lipinski definition) is 2. The van der Waals surface area contributed by atoms with E-state index in [-0.39, 0.29) is 5.91 Å². The van der Waals surface area contributed by atoms with Crippen LogP contribution in [0.3, 0.4) is 0 Å². The maximum absolute atomic E-state index is 12.0. The third-order valence-electron chi connectivity index (χ3n) is 6.33. The molecular weight excluding hydrogens is 362 g/mol. The Morgan fingerprint density at radius 2 is 1.79 bits per heavy atom. The number of aliphatic imine (C=N–C) groups is 1. The predicted molar refractivity (Wildman–Crippen MR) is 117 cm³/mol. The first-order valence-corrected chi connectivity index (χ1v) is 11.1. The van der Waals surface area contributed by atoms with Gasteiger partial charge >= 0.3 is 0 Å². The molecule has 2 atom stereocenters. The van der Waals surface area contributed by atoms with Crippen LogP contribution in [0.5, 0.6) is 0 Å². The van der Waals surface area contributed by atoms with Crippen LogP contribution < -0.4 is 10.6 Å². The first-order valence-electron chi connectivity index (χ1n) is 11.1. The number of piperazine rings is 1. The van der Waals surface area contributed by atoms with Crippen molar-refractivity contribution >= 4 is 11.9 Å². The van der Waals surface area contributed by atoms with Gasteiger partial charge in [0.1, 0.15) is 0 Å². The number of benzene rings is 1. The fourth-order valence-corrected chi connectivity index (χ4v) is 4.14. The van der Waals surface area contributed by atoms with Crippen molar-refractivity contribution in [3.05, 3.63) is 35.4 Å². The highest BCUT2D eigenvalue weighted by Crippen LogP contribution is 2.41. The van der Waals surface area contributed by atoms with Crippen molar-refractivity contribution in [1.29, 1.82) is 0 Å². The summed E-state index contributed by atoms with van der Waals surface area (Å²) in [5, 5.41) is 6.74. The molecule has 6 nitrogen and oxygen atoms in total. The molecule has 2 saturated carbocycles. The fraction of sp³-hybridized carbons (Fsp3) is 0.652. The first kappa shape index (κ1) is 20.2. The van der Waals surface area contributed by atoms with E-state index in [0.29, 0.717) is 30.5 Å². The Balaban J connectivity index is 1.22. The van der Waals surface area contributed by atoms with E-state index < -0.39 is 0 Å². The van der Waals surface area contributed by atoms with Gasteiger partial charge in [0.05, 0.1) is 6.54 Å². The molecule has 0 aromatic heterocycles. The van der Waals surface area contributed by atoms with Crippen LogP contribution in [0, 0.1) is 0 Å². The van der Waals surface area contributed by atoms with Gasteiger partial charge in [0.25, 0.3) is 0 Å². The van der Waals surface area contributed by atoms with Gasteiger partial charge < -0.3 is 15.5 Å². The lowest BCUT2D eigenvalue weighted by atomic mass is 10.0. The molecule has 0 radical (unpaired) electrons. The summed E-state index contributed by atoms with van der Waals surface area (Å²) in [5.74, 6) is 2.33. The molecule has 0 bridgehead atoms. The van der Waals surface area contributed by atoms with E-state index in [2.05, 4.69) is 63.5 Å². The van der Waals surface area contributed by atoms with Gasteiger partial charge in [-0.15, -0.1) is 0 Å². The number of hydrogen-bond acceptors (Lipinski definition) is 3. The van der Waals surface area contributed by atoms with E-state index in [1.165, 1.54) is 17.5 Å². The largest absolute Gasteiger partial charge is 0.353 e. The highest BCUT2D eigenvalue weighted by molar-refractivity contribution is 5.81. The zero-order chi connectivity index (χ0) is 20.4. The maximum Gasteiger partial charge on any atom is 0.234 e. The molecule has 29 heavy (non-hydrogen) atoms. The number of guanidine groups is 1. The van der Waals surface area contributed by atoms with E-state index in [0.717, 1.165) is 45.0 Å². The van der Waals surface area contributed by atoms with E-state index >= 15 is 0 Å². The van der Waals surface area contributed by atoms with Crippen LogP contribution in [0.2, 0.25) is 0 Å². The highest BCUT2D eigenvalue weighted by Gasteiger charge is 2.39. The average molecular weight is 398 g/mol. The lowest BCUT2D eigenvalue weighted by Gasteiger charge is -2.36. The molecule has 1 aromatic rings. The van der Waals surface area contributed by atoms with Crippen LogP contribution in [0.4, 0.5) is 0 Å². The SMILES string of the molecule is CN=C(NC1CC1c1ccc(C(C)C)cc1)N1CCN(CC(=O)NC2CC2)CC1. The van der Waals surface area contributed by atoms with Gasteiger partial charge in [-0.1, -0.05) is 38.1 Å². The van der Waals surface area contributed by atoms with Crippen molar-refractivity contribution in [2.45, 2.75) is 57.0 Å². The summed E-state index contributed by atoms with van der Waals surface area (Å²) in [4.78, 5) is 21.1. The minimum absolute atomic E-state index is 0.174. The van der Waals surface area contributed by atoms with E-state index in [1.54, 1.807) is 0 Å². The number of carbonyl (C=O) groups excluding carboxylic acids is 1. The van der Waals surface area contributed by atoms with Gasteiger partial charge in [-0.05, 0) is 36.3 Å². The molecule has 0 spiro atoms. The fourth-order valence-electron chi connectivity index (χ4n) is 4.14. The molecule has 1 saturated heterocycles. The Morgan fingerprint density at radius 1 is 1.10 bits per heavy atom. The molecule has 2 unspecified atom stereocenters. The smallest absolute Gasteiger partial charge is 0.234 e. The summed E-state index contributed by atoms with van der Waals surface area (Å²) in [6.07, 6.45) is 3.46. The molecule has 1 aliphatic heterocycles. The summed E-state index contributed by atoms with van der Waals surface area (Å²) in [5.41, 5.74) is 2.83. The van der Waals surface area contributed by atoms with Crippen LogP contribution in [0.15, 0.2) is 29.3 Å². The number of amides is 1. The van der Waals surface area contributed by atoms with Crippen molar-refractivity contribution in [3.63, 3.8) is 0 Å². The third kappa shape index (κ3) is 5.30. The molecule has 1 aromatic carbocycles. The molecule has 1 amide bonds. The van der Waals surface area contributed by atoms with Gasteiger partial charge in [0.15, 0.2) is 5.96 Å². The molecule has 158 valence electrons. The van der Waals surface area contributed by atoms with Crippen LogP contribution in [-0.4, -0.2) is 73.5 Å². The normalized spacial score (nSPS) is 25.2. The van der Waals surface area contributed by atoms with E-state index in [4.69, 9.17) is 0 Å². The summed E-state index contributed by atoms with van der Waals surface area (Å²) in [7, 11) is 1.87. The quantitative estimate of drug-likeness (QED) is 0.570. The Kier molecular flexibility index (Phi) is 6.09. The summed E-state index contributed by atoms with van der Waals surface area (Å²) in [6.45, 7) is 8.63. The van der Waals surface area contributed by atoms with Gasteiger partial charge in [-0.3, -0.25) is 14.7 Å².